The smallest absolute Gasteiger partial charge is 0.227 e. The maximum absolute atomic E-state index is 12.1. The van der Waals surface area contributed by atoms with Crippen LogP contribution in [0.15, 0.2) is 6.33 Å². The van der Waals surface area contributed by atoms with E-state index in [1.807, 2.05) is 6.92 Å². The van der Waals surface area contributed by atoms with Gasteiger partial charge in [0.15, 0.2) is 10.3 Å². The standard InChI is InChI=1S/C12H17Cl2N3O/c1-3-5-6-8(4-2)12(18)17-9-10(13)15-7-16-11(9)14/h7-8H,3-6H2,1-2H3,(H,17,18). The number of unbranched alkanes of at least 4 members (excludes halogenated alkanes) is 1. The first-order chi connectivity index (χ1) is 8.60. The summed E-state index contributed by atoms with van der Waals surface area (Å²) in [4.78, 5) is 19.7. The number of nitrogens with one attached hydrogen (secondary N) is 1. The number of aromatic nitrogens is 2. The van der Waals surface area contributed by atoms with E-state index >= 15 is 0 Å². The highest BCUT2D eigenvalue weighted by molar-refractivity contribution is 6.38. The summed E-state index contributed by atoms with van der Waals surface area (Å²) in [7, 11) is 0. The van der Waals surface area contributed by atoms with Crippen molar-refractivity contribution in [2.24, 2.45) is 5.92 Å². The lowest BCUT2D eigenvalue weighted by molar-refractivity contribution is -0.120. The van der Waals surface area contributed by atoms with E-state index in [1.165, 1.54) is 6.33 Å². The molecule has 0 bridgehead atoms. The van der Waals surface area contributed by atoms with E-state index in [2.05, 4.69) is 22.2 Å². The van der Waals surface area contributed by atoms with Crippen molar-refractivity contribution in [2.75, 3.05) is 5.32 Å². The first kappa shape index (κ1) is 15.2. The second-order valence-electron chi connectivity index (χ2n) is 4.07. The number of halogens is 2. The van der Waals surface area contributed by atoms with Gasteiger partial charge in [-0.15, -0.1) is 0 Å². The Hall–Kier alpha value is -0.870. The first-order valence-corrected chi connectivity index (χ1v) is 6.82. The van der Waals surface area contributed by atoms with E-state index in [0.29, 0.717) is 5.69 Å². The summed E-state index contributed by atoms with van der Waals surface area (Å²) in [6, 6.07) is 0. The van der Waals surface area contributed by atoms with Gasteiger partial charge in [-0.1, -0.05) is 49.9 Å². The molecule has 0 aliphatic heterocycles. The molecule has 0 aliphatic rings. The highest BCUT2D eigenvalue weighted by atomic mass is 35.5. The molecule has 6 heteroatoms. The minimum absolute atomic E-state index is 0.0303. The number of hydrogen-bond acceptors (Lipinski definition) is 3. The van der Waals surface area contributed by atoms with E-state index in [0.717, 1.165) is 25.7 Å². The molecular weight excluding hydrogens is 273 g/mol. The number of hydrogen-bond donors (Lipinski definition) is 1. The summed E-state index contributed by atoms with van der Waals surface area (Å²) in [5, 5.41) is 3.03. The van der Waals surface area contributed by atoms with Crippen molar-refractivity contribution < 1.29 is 4.79 Å². The second-order valence-corrected chi connectivity index (χ2v) is 4.78. The normalized spacial score (nSPS) is 12.2. The van der Waals surface area contributed by atoms with Gasteiger partial charge >= 0.3 is 0 Å². The van der Waals surface area contributed by atoms with Gasteiger partial charge in [-0.05, 0) is 12.8 Å². The second kappa shape index (κ2) is 7.54. The Labute approximate surface area is 117 Å². The molecule has 1 amide bonds. The number of nitrogens with zero attached hydrogens (tertiary/aromatic N) is 2. The SMILES string of the molecule is CCCCC(CC)C(=O)Nc1c(Cl)ncnc1Cl. The van der Waals surface area contributed by atoms with E-state index in [-0.39, 0.29) is 22.1 Å². The fraction of sp³-hybridized carbons (Fsp3) is 0.583. The number of anilines is 1. The van der Waals surface area contributed by atoms with Gasteiger partial charge in [0.1, 0.15) is 12.0 Å². The Kier molecular flexibility index (Phi) is 6.36. The minimum Gasteiger partial charge on any atom is -0.321 e. The zero-order valence-electron chi connectivity index (χ0n) is 10.5. The van der Waals surface area contributed by atoms with Crippen LogP contribution in [-0.4, -0.2) is 15.9 Å². The topological polar surface area (TPSA) is 54.9 Å². The molecular formula is C12H17Cl2N3O. The first-order valence-electron chi connectivity index (χ1n) is 6.07. The summed E-state index contributed by atoms with van der Waals surface area (Å²) in [6.07, 6.45) is 5.00. The number of carbonyl (C=O) groups is 1. The van der Waals surface area contributed by atoms with Crippen LogP contribution in [0.2, 0.25) is 10.3 Å². The molecule has 0 fully saturated rings. The Morgan fingerprint density at radius 1 is 1.33 bits per heavy atom. The molecule has 1 atom stereocenters. The van der Waals surface area contributed by atoms with Gasteiger partial charge in [0.2, 0.25) is 5.91 Å². The number of amides is 1. The Morgan fingerprint density at radius 3 is 2.44 bits per heavy atom. The molecule has 0 saturated carbocycles. The molecule has 100 valence electrons. The van der Waals surface area contributed by atoms with E-state index in [9.17, 15) is 4.79 Å². The van der Waals surface area contributed by atoms with E-state index in [1.54, 1.807) is 0 Å². The van der Waals surface area contributed by atoms with Gasteiger partial charge in [0, 0.05) is 5.92 Å². The van der Waals surface area contributed by atoms with Crippen LogP contribution in [0.25, 0.3) is 0 Å². The lowest BCUT2D eigenvalue weighted by atomic mass is 9.98. The fourth-order valence-electron chi connectivity index (χ4n) is 1.64. The monoisotopic (exact) mass is 289 g/mol. The van der Waals surface area contributed by atoms with Gasteiger partial charge < -0.3 is 5.32 Å². The van der Waals surface area contributed by atoms with Gasteiger partial charge in [0.25, 0.3) is 0 Å². The molecule has 0 spiro atoms. The molecule has 1 rings (SSSR count). The maximum atomic E-state index is 12.1. The summed E-state index contributed by atoms with van der Waals surface area (Å²) in [5.74, 6) is -0.109. The quantitative estimate of drug-likeness (QED) is 0.807. The van der Waals surface area contributed by atoms with Gasteiger partial charge in [0.05, 0.1) is 0 Å². The van der Waals surface area contributed by atoms with Crippen LogP contribution in [0, 0.1) is 5.92 Å². The molecule has 4 nitrogen and oxygen atoms in total. The van der Waals surface area contributed by atoms with Crippen LogP contribution in [-0.2, 0) is 4.79 Å². The molecule has 0 aliphatic carbocycles. The summed E-state index contributed by atoms with van der Waals surface area (Å²) < 4.78 is 0. The molecule has 1 aromatic rings. The van der Waals surface area contributed by atoms with Crippen molar-refractivity contribution in [3.63, 3.8) is 0 Å². The highest BCUT2D eigenvalue weighted by Gasteiger charge is 2.19. The molecule has 1 aromatic heterocycles. The van der Waals surface area contributed by atoms with Crippen molar-refractivity contribution in [3.8, 4) is 0 Å². The molecule has 1 N–H and O–H groups in total. The summed E-state index contributed by atoms with van der Waals surface area (Å²) in [5.41, 5.74) is 0.292. The Balaban J connectivity index is 2.73. The zero-order valence-corrected chi connectivity index (χ0v) is 12.1. The van der Waals surface area contributed by atoms with Gasteiger partial charge in [-0.2, -0.15) is 0 Å². The molecule has 0 aromatic carbocycles. The van der Waals surface area contributed by atoms with Crippen molar-refractivity contribution in [2.45, 2.75) is 39.5 Å². The maximum Gasteiger partial charge on any atom is 0.227 e. The Morgan fingerprint density at radius 2 is 1.94 bits per heavy atom. The van der Waals surface area contributed by atoms with E-state index in [4.69, 9.17) is 23.2 Å². The largest absolute Gasteiger partial charge is 0.321 e. The third-order valence-corrected chi connectivity index (χ3v) is 3.35. The summed E-state index contributed by atoms with van der Waals surface area (Å²) in [6.45, 7) is 4.09. The fourth-order valence-corrected chi connectivity index (χ4v) is 2.05. The number of rotatable bonds is 6. The van der Waals surface area contributed by atoms with Gasteiger partial charge in [-0.25, -0.2) is 9.97 Å². The minimum atomic E-state index is -0.0791. The third-order valence-electron chi connectivity index (χ3n) is 2.77. The highest BCUT2D eigenvalue weighted by Crippen LogP contribution is 2.27. The third kappa shape index (κ3) is 4.10. The lowest BCUT2D eigenvalue weighted by Gasteiger charge is -2.15. The van der Waals surface area contributed by atoms with Crippen molar-refractivity contribution >= 4 is 34.8 Å². The van der Waals surface area contributed by atoms with Crippen molar-refractivity contribution in [1.82, 2.24) is 9.97 Å². The Bertz CT molecular complexity index is 392. The van der Waals surface area contributed by atoms with E-state index < -0.39 is 0 Å². The van der Waals surface area contributed by atoms with Crippen LogP contribution >= 0.6 is 23.2 Å². The average molecular weight is 290 g/mol. The lowest BCUT2D eigenvalue weighted by Crippen LogP contribution is -2.23. The number of carbonyl (C=O) groups excluding carboxylic acids is 1. The summed E-state index contributed by atoms with van der Waals surface area (Å²) >= 11 is 11.8. The van der Waals surface area contributed by atoms with Crippen molar-refractivity contribution in [3.05, 3.63) is 16.6 Å². The van der Waals surface area contributed by atoms with Crippen LogP contribution in [0.5, 0.6) is 0 Å². The molecule has 1 unspecified atom stereocenters. The van der Waals surface area contributed by atoms with Crippen LogP contribution in [0.1, 0.15) is 39.5 Å². The van der Waals surface area contributed by atoms with Crippen molar-refractivity contribution in [1.29, 1.82) is 0 Å². The van der Waals surface area contributed by atoms with Crippen LogP contribution < -0.4 is 5.32 Å². The molecule has 1 heterocycles. The average Bonchev–Trinajstić information content (AvgIpc) is 2.35. The molecule has 0 saturated heterocycles. The van der Waals surface area contributed by atoms with Crippen LogP contribution in [0.4, 0.5) is 5.69 Å². The molecule has 0 radical (unpaired) electrons. The molecule has 18 heavy (non-hydrogen) atoms. The van der Waals surface area contributed by atoms with Crippen LogP contribution in [0.3, 0.4) is 0 Å². The predicted octanol–water partition coefficient (Wildman–Crippen LogP) is 3.94. The predicted molar refractivity (Wildman–Crippen MR) is 74.0 cm³/mol. The zero-order chi connectivity index (χ0) is 13.5. The van der Waals surface area contributed by atoms with Gasteiger partial charge in [-0.3, -0.25) is 4.79 Å².